The van der Waals surface area contributed by atoms with Gasteiger partial charge in [-0.15, -0.1) is 0 Å². The molecular weight excluding hydrogens is 178 g/mol. The lowest BCUT2D eigenvalue weighted by molar-refractivity contribution is 0.471. The fourth-order valence-electron chi connectivity index (χ4n) is 1.13. The van der Waals surface area contributed by atoms with Crippen molar-refractivity contribution in [2.24, 2.45) is 5.73 Å². The number of nitrogens with two attached hydrogens (primary N) is 1. The van der Waals surface area contributed by atoms with Gasteiger partial charge in [0.25, 0.3) is 0 Å². The molecule has 14 heavy (non-hydrogen) atoms. The highest BCUT2D eigenvalue weighted by atomic mass is 16.3. The molecule has 0 aliphatic carbocycles. The van der Waals surface area contributed by atoms with E-state index in [0.29, 0.717) is 0 Å². The zero-order chi connectivity index (χ0) is 10.2. The van der Waals surface area contributed by atoms with E-state index in [2.05, 4.69) is 10.3 Å². The molecule has 0 radical (unpaired) electrons. The van der Waals surface area contributed by atoms with E-state index in [-0.39, 0.29) is 5.75 Å². The van der Waals surface area contributed by atoms with Crippen molar-refractivity contribution in [3.8, 4) is 5.75 Å². The molecule has 78 valence electrons. The van der Waals surface area contributed by atoms with Gasteiger partial charge in [-0.2, -0.15) is 0 Å². The van der Waals surface area contributed by atoms with Gasteiger partial charge in [-0.1, -0.05) is 0 Å². The minimum Gasteiger partial charge on any atom is -0.506 e. The average molecular weight is 195 g/mol. The van der Waals surface area contributed by atoms with Crippen molar-refractivity contribution < 1.29 is 5.11 Å². The second kappa shape index (κ2) is 6.34. The van der Waals surface area contributed by atoms with Gasteiger partial charge in [-0.05, 0) is 38.1 Å². The van der Waals surface area contributed by atoms with Crippen LogP contribution in [0.5, 0.6) is 5.75 Å². The molecule has 4 nitrogen and oxygen atoms in total. The van der Waals surface area contributed by atoms with Crippen molar-refractivity contribution in [2.45, 2.75) is 19.4 Å². The fraction of sp³-hybridized carbons (Fsp3) is 0.500. The molecule has 1 aromatic heterocycles. The van der Waals surface area contributed by atoms with E-state index >= 15 is 0 Å². The summed E-state index contributed by atoms with van der Waals surface area (Å²) < 4.78 is 0. The number of hydrogen-bond donors (Lipinski definition) is 3. The lowest BCUT2D eigenvalue weighted by atomic mass is 10.3. The summed E-state index contributed by atoms with van der Waals surface area (Å²) in [6, 6.07) is 3.45. The third kappa shape index (κ3) is 4.20. The molecule has 0 saturated heterocycles. The molecule has 0 bridgehead atoms. The SMILES string of the molecule is NCCCCNCc1ccc(O)cn1. The normalized spacial score (nSPS) is 10.4. The summed E-state index contributed by atoms with van der Waals surface area (Å²) in [7, 11) is 0. The largest absolute Gasteiger partial charge is 0.506 e. The van der Waals surface area contributed by atoms with Gasteiger partial charge >= 0.3 is 0 Å². The third-order valence-electron chi connectivity index (χ3n) is 1.92. The molecule has 0 spiro atoms. The van der Waals surface area contributed by atoms with Crippen molar-refractivity contribution >= 4 is 0 Å². The third-order valence-corrected chi connectivity index (χ3v) is 1.92. The Bertz CT molecular complexity index is 248. The first kappa shape index (κ1) is 10.9. The fourth-order valence-corrected chi connectivity index (χ4v) is 1.13. The van der Waals surface area contributed by atoms with Crippen molar-refractivity contribution in [3.63, 3.8) is 0 Å². The van der Waals surface area contributed by atoms with Gasteiger partial charge in [-0.3, -0.25) is 4.98 Å². The summed E-state index contributed by atoms with van der Waals surface area (Å²) in [6.45, 7) is 2.45. The van der Waals surface area contributed by atoms with Crippen LogP contribution in [0.15, 0.2) is 18.3 Å². The summed E-state index contributed by atoms with van der Waals surface area (Å²) in [5, 5.41) is 12.3. The van der Waals surface area contributed by atoms with Crippen LogP contribution in [0.2, 0.25) is 0 Å². The highest BCUT2D eigenvalue weighted by Gasteiger charge is 1.93. The van der Waals surface area contributed by atoms with Crippen LogP contribution >= 0.6 is 0 Å². The van der Waals surface area contributed by atoms with Gasteiger partial charge in [0, 0.05) is 6.54 Å². The van der Waals surface area contributed by atoms with Gasteiger partial charge in [-0.25, -0.2) is 0 Å². The Labute approximate surface area is 84.2 Å². The molecule has 4 N–H and O–H groups in total. The second-order valence-corrected chi connectivity index (χ2v) is 3.18. The molecule has 4 heteroatoms. The quantitative estimate of drug-likeness (QED) is 0.582. The predicted octanol–water partition coefficient (Wildman–Crippen LogP) is 0.616. The van der Waals surface area contributed by atoms with E-state index in [0.717, 1.165) is 38.2 Å². The monoisotopic (exact) mass is 195 g/mol. The van der Waals surface area contributed by atoms with Gasteiger partial charge in [0.1, 0.15) is 5.75 Å². The number of nitrogens with one attached hydrogen (secondary N) is 1. The zero-order valence-corrected chi connectivity index (χ0v) is 8.24. The Morgan fingerprint density at radius 2 is 2.21 bits per heavy atom. The van der Waals surface area contributed by atoms with E-state index < -0.39 is 0 Å². The van der Waals surface area contributed by atoms with Crippen LogP contribution in [0, 0.1) is 0 Å². The van der Waals surface area contributed by atoms with Crippen LogP contribution in [-0.2, 0) is 6.54 Å². The lowest BCUT2D eigenvalue weighted by Gasteiger charge is -2.03. The highest BCUT2D eigenvalue weighted by Crippen LogP contribution is 2.05. The Kier molecular flexibility index (Phi) is 4.96. The Morgan fingerprint density at radius 1 is 1.36 bits per heavy atom. The molecular formula is C10H17N3O. The van der Waals surface area contributed by atoms with Gasteiger partial charge < -0.3 is 16.2 Å². The topological polar surface area (TPSA) is 71.2 Å². The van der Waals surface area contributed by atoms with E-state index in [1.165, 1.54) is 6.20 Å². The van der Waals surface area contributed by atoms with Gasteiger partial charge in [0.05, 0.1) is 11.9 Å². The van der Waals surface area contributed by atoms with Gasteiger partial charge in [0.2, 0.25) is 0 Å². The predicted molar refractivity (Wildman–Crippen MR) is 55.9 cm³/mol. The van der Waals surface area contributed by atoms with Gasteiger partial charge in [0.15, 0.2) is 0 Å². The summed E-state index contributed by atoms with van der Waals surface area (Å²) in [6.07, 6.45) is 3.60. The van der Waals surface area contributed by atoms with Crippen LogP contribution in [0.1, 0.15) is 18.5 Å². The van der Waals surface area contributed by atoms with Crippen molar-refractivity contribution in [2.75, 3.05) is 13.1 Å². The Hall–Kier alpha value is -1.13. The maximum absolute atomic E-state index is 9.00. The Balaban J connectivity index is 2.15. The molecule has 0 unspecified atom stereocenters. The molecule has 0 saturated carbocycles. The first-order valence-corrected chi connectivity index (χ1v) is 4.87. The first-order chi connectivity index (χ1) is 6.83. The van der Waals surface area contributed by atoms with Crippen LogP contribution in [0.4, 0.5) is 0 Å². The standard InChI is InChI=1S/C10H17N3O/c11-5-1-2-6-12-7-9-3-4-10(14)8-13-9/h3-4,8,12,14H,1-2,5-7,11H2. The minimum atomic E-state index is 0.205. The number of rotatable bonds is 6. The first-order valence-electron chi connectivity index (χ1n) is 4.87. The Morgan fingerprint density at radius 3 is 2.86 bits per heavy atom. The molecule has 0 amide bonds. The maximum atomic E-state index is 9.00. The summed E-state index contributed by atoms with van der Waals surface area (Å²) >= 11 is 0. The summed E-state index contributed by atoms with van der Waals surface area (Å²) in [5.74, 6) is 0.205. The van der Waals surface area contributed by atoms with E-state index in [1.807, 2.05) is 6.07 Å². The number of nitrogens with zero attached hydrogens (tertiary/aromatic N) is 1. The molecule has 1 aromatic rings. The molecule has 1 rings (SSSR count). The summed E-state index contributed by atoms with van der Waals surface area (Å²) in [5.41, 5.74) is 6.31. The maximum Gasteiger partial charge on any atom is 0.133 e. The van der Waals surface area contributed by atoms with Crippen LogP contribution in [0.25, 0.3) is 0 Å². The summed E-state index contributed by atoms with van der Waals surface area (Å²) in [4.78, 5) is 4.06. The van der Waals surface area contributed by atoms with Crippen LogP contribution < -0.4 is 11.1 Å². The van der Waals surface area contributed by atoms with E-state index in [9.17, 15) is 0 Å². The smallest absolute Gasteiger partial charge is 0.133 e. The second-order valence-electron chi connectivity index (χ2n) is 3.18. The zero-order valence-electron chi connectivity index (χ0n) is 8.24. The average Bonchev–Trinajstić information content (AvgIpc) is 2.21. The molecule has 0 aromatic carbocycles. The number of unbranched alkanes of at least 4 members (excludes halogenated alkanes) is 1. The molecule has 0 aliphatic heterocycles. The number of pyridine rings is 1. The van der Waals surface area contributed by atoms with Crippen molar-refractivity contribution in [3.05, 3.63) is 24.0 Å². The van der Waals surface area contributed by atoms with Crippen molar-refractivity contribution in [1.29, 1.82) is 0 Å². The van der Waals surface area contributed by atoms with E-state index in [4.69, 9.17) is 10.8 Å². The highest BCUT2D eigenvalue weighted by molar-refractivity contribution is 5.17. The lowest BCUT2D eigenvalue weighted by Crippen LogP contribution is -2.16. The molecule has 0 aliphatic rings. The molecule has 0 fully saturated rings. The number of aromatic nitrogens is 1. The van der Waals surface area contributed by atoms with E-state index in [1.54, 1.807) is 6.07 Å². The number of hydrogen-bond acceptors (Lipinski definition) is 4. The minimum absolute atomic E-state index is 0.205. The number of aromatic hydroxyl groups is 1. The molecule has 1 heterocycles. The van der Waals surface area contributed by atoms with Crippen molar-refractivity contribution in [1.82, 2.24) is 10.3 Å². The van der Waals surface area contributed by atoms with Crippen LogP contribution in [-0.4, -0.2) is 23.2 Å². The molecule has 0 atom stereocenters. The van der Waals surface area contributed by atoms with Crippen LogP contribution in [0.3, 0.4) is 0 Å².